The van der Waals surface area contributed by atoms with Crippen molar-refractivity contribution in [3.8, 4) is 0 Å². The largest absolute Gasteiger partial charge is 0.480 e. The van der Waals surface area contributed by atoms with Crippen LogP contribution in [0.1, 0.15) is 11.3 Å². The number of aryl methyl sites for hydroxylation is 1. The van der Waals surface area contributed by atoms with Gasteiger partial charge in [-0.2, -0.15) is 0 Å². The predicted octanol–water partition coefficient (Wildman–Crippen LogP) is 1.28. The zero-order chi connectivity index (χ0) is 16.6. The van der Waals surface area contributed by atoms with E-state index < -0.39 is 12.0 Å². The van der Waals surface area contributed by atoms with Crippen LogP contribution >= 0.6 is 0 Å². The lowest BCUT2D eigenvalue weighted by atomic mass is 10.0. The molecule has 0 spiro atoms. The Labute approximate surface area is 135 Å². The topological polar surface area (TPSA) is 80.7 Å². The molecule has 0 bridgehead atoms. The molecule has 1 fully saturated rings. The molecule has 6 nitrogen and oxygen atoms in total. The third-order valence-corrected chi connectivity index (χ3v) is 4.71. The maximum absolute atomic E-state index is 11.1. The number of hydrogen-bond donors (Lipinski definition) is 2. The molecule has 1 aliphatic rings. The van der Waals surface area contributed by atoms with Crippen LogP contribution in [-0.4, -0.2) is 48.0 Å². The Morgan fingerprint density at radius 3 is 2.74 bits per heavy atom. The monoisotopic (exact) mass is 317 g/mol. The highest BCUT2D eigenvalue weighted by atomic mass is 16.5. The van der Waals surface area contributed by atoms with Crippen LogP contribution < -0.4 is 10.6 Å². The first kappa shape index (κ1) is 15.8. The first-order valence-electron chi connectivity index (χ1n) is 7.88. The summed E-state index contributed by atoms with van der Waals surface area (Å²) in [7, 11) is 2.03. The molecular weight excluding hydrogens is 294 g/mol. The predicted molar refractivity (Wildman–Crippen MR) is 90.0 cm³/mol. The number of nitrogens with zero attached hydrogens (tertiary/aromatic N) is 2. The number of anilines is 1. The normalized spacial score (nSPS) is 16.7. The van der Waals surface area contributed by atoms with Crippen molar-refractivity contribution in [2.75, 3.05) is 31.2 Å². The Hall–Kier alpha value is -2.05. The zero-order valence-corrected chi connectivity index (χ0v) is 13.6. The quantitative estimate of drug-likeness (QED) is 0.888. The molecular formula is C17H23N3O3. The van der Waals surface area contributed by atoms with Crippen LogP contribution in [0.4, 0.5) is 5.69 Å². The van der Waals surface area contributed by atoms with Crippen molar-refractivity contribution in [1.29, 1.82) is 0 Å². The number of ether oxygens (including phenoxy) is 1. The molecule has 1 aromatic carbocycles. The van der Waals surface area contributed by atoms with Gasteiger partial charge in [-0.15, -0.1) is 0 Å². The molecule has 124 valence electrons. The second-order valence-electron chi connectivity index (χ2n) is 6.04. The number of morpholine rings is 1. The Morgan fingerprint density at radius 1 is 1.39 bits per heavy atom. The van der Waals surface area contributed by atoms with E-state index in [0.717, 1.165) is 48.5 Å². The summed E-state index contributed by atoms with van der Waals surface area (Å²) in [6, 6.07) is 5.32. The number of nitrogens with two attached hydrogens (primary N) is 1. The SMILES string of the molecule is Cc1c(CC(N)C(=O)O)c2cccc(N3CCOCC3)c2n1C. The molecule has 1 unspecified atom stereocenters. The average Bonchev–Trinajstić information content (AvgIpc) is 2.80. The molecule has 0 aliphatic carbocycles. The molecule has 1 aliphatic heterocycles. The van der Waals surface area contributed by atoms with Crippen LogP contribution in [0, 0.1) is 6.92 Å². The summed E-state index contributed by atoms with van der Waals surface area (Å²) in [4.78, 5) is 13.4. The number of fused-ring (bicyclic) bond motifs is 1. The fourth-order valence-electron chi connectivity index (χ4n) is 3.32. The minimum absolute atomic E-state index is 0.338. The molecule has 6 heteroatoms. The van der Waals surface area contributed by atoms with Crippen molar-refractivity contribution >= 4 is 22.6 Å². The molecule has 1 saturated heterocycles. The Morgan fingerprint density at radius 2 is 2.09 bits per heavy atom. The van der Waals surface area contributed by atoms with Crippen LogP contribution in [0.15, 0.2) is 18.2 Å². The number of hydrogen-bond acceptors (Lipinski definition) is 4. The fourth-order valence-corrected chi connectivity index (χ4v) is 3.32. The van der Waals surface area contributed by atoms with Crippen molar-refractivity contribution < 1.29 is 14.6 Å². The van der Waals surface area contributed by atoms with Crippen LogP contribution in [0.3, 0.4) is 0 Å². The standard InChI is InChI=1S/C17H23N3O3/c1-11-13(10-14(18)17(21)22)12-4-3-5-15(16(12)19(11)2)20-6-8-23-9-7-20/h3-5,14H,6-10,18H2,1-2H3,(H,21,22). The van der Waals surface area contributed by atoms with Crippen LogP contribution in [0.25, 0.3) is 10.9 Å². The van der Waals surface area contributed by atoms with E-state index in [1.807, 2.05) is 20.0 Å². The second kappa shape index (κ2) is 6.22. The summed E-state index contributed by atoms with van der Waals surface area (Å²) < 4.78 is 7.58. The van der Waals surface area contributed by atoms with Gasteiger partial charge >= 0.3 is 5.97 Å². The van der Waals surface area contributed by atoms with Crippen molar-refractivity contribution in [2.24, 2.45) is 12.8 Å². The number of carboxylic acids is 1. The molecule has 23 heavy (non-hydrogen) atoms. The van der Waals surface area contributed by atoms with Crippen LogP contribution in [0.5, 0.6) is 0 Å². The van der Waals surface area contributed by atoms with Gasteiger partial charge in [0.1, 0.15) is 6.04 Å². The third-order valence-electron chi connectivity index (χ3n) is 4.71. The Balaban J connectivity index is 2.09. The second-order valence-corrected chi connectivity index (χ2v) is 6.04. The van der Waals surface area contributed by atoms with E-state index in [4.69, 9.17) is 15.6 Å². The highest BCUT2D eigenvalue weighted by Crippen LogP contribution is 2.33. The van der Waals surface area contributed by atoms with Crippen LogP contribution in [-0.2, 0) is 23.0 Å². The van der Waals surface area contributed by atoms with Crippen molar-refractivity contribution in [3.63, 3.8) is 0 Å². The Bertz CT molecular complexity index is 732. The lowest BCUT2D eigenvalue weighted by Gasteiger charge is -2.29. The summed E-state index contributed by atoms with van der Waals surface area (Å²) in [5.74, 6) is -0.967. The van der Waals surface area contributed by atoms with Crippen molar-refractivity contribution in [3.05, 3.63) is 29.5 Å². The number of carboxylic acid groups (broad SMARTS) is 1. The molecule has 1 atom stereocenters. The highest BCUT2D eigenvalue weighted by molar-refractivity contribution is 5.96. The molecule has 1 aromatic heterocycles. The van der Waals surface area contributed by atoms with E-state index in [9.17, 15) is 4.79 Å². The van der Waals surface area contributed by atoms with Gasteiger partial charge in [0.05, 0.1) is 24.4 Å². The van der Waals surface area contributed by atoms with E-state index in [0.29, 0.717) is 6.42 Å². The molecule has 2 heterocycles. The van der Waals surface area contributed by atoms with E-state index in [-0.39, 0.29) is 0 Å². The maximum atomic E-state index is 11.1. The van der Waals surface area contributed by atoms with E-state index >= 15 is 0 Å². The summed E-state index contributed by atoms with van der Waals surface area (Å²) in [5.41, 5.74) is 10.2. The number of aromatic nitrogens is 1. The lowest BCUT2D eigenvalue weighted by Crippen LogP contribution is -2.36. The average molecular weight is 317 g/mol. The van der Waals surface area contributed by atoms with Gasteiger partial charge < -0.3 is 25.0 Å². The van der Waals surface area contributed by atoms with Crippen molar-refractivity contribution in [2.45, 2.75) is 19.4 Å². The van der Waals surface area contributed by atoms with E-state index in [1.165, 1.54) is 5.69 Å². The third kappa shape index (κ3) is 2.80. The lowest BCUT2D eigenvalue weighted by molar-refractivity contribution is -0.138. The Kier molecular flexibility index (Phi) is 4.28. The van der Waals surface area contributed by atoms with Gasteiger partial charge in [0.2, 0.25) is 0 Å². The summed E-state index contributed by atoms with van der Waals surface area (Å²) in [6.07, 6.45) is 0.338. The molecule has 3 N–H and O–H groups in total. The molecule has 0 radical (unpaired) electrons. The van der Waals surface area contributed by atoms with Gasteiger partial charge in [-0.25, -0.2) is 0 Å². The fraction of sp³-hybridized carbons (Fsp3) is 0.471. The number of carbonyl (C=O) groups is 1. The van der Waals surface area contributed by atoms with Gasteiger partial charge in [-0.1, -0.05) is 12.1 Å². The summed E-state index contributed by atoms with van der Waals surface area (Å²) in [6.45, 7) is 5.22. The van der Waals surface area contributed by atoms with Gasteiger partial charge in [0, 0.05) is 37.6 Å². The minimum atomic E-state index is -0.967. The zero-order valence-electron chi connectivity index (χ0n) is 13.6. The smallest absolute Gasteiger partial charge is 0.320 e. The highest BCUT2D eigenvalue weighted by Gasteiger charge is 2.22. The summed E-state index contributed by atoms with van der Waals surface area (Å²) in [5, 5.41) is 10.2. The maximum Gasteiger partial charge on any atom is 0.320 e. The molecule has 0 amide bonds. The molecule has 2 aromatic rings. The van der Waals surface area contributed by atoms with Gasteiger partial charge in [0.15, 0.2) is 0 Å². The number of aliphatic carboxylic acids is 1. The molecule has 0 saturated carbocycles. The van der Waals surface area contributed by atoms with Crippen molar-refractivity contribution in [1.82, 2.24) is 4.57 Å². The first-order chi connectivity index (χ1) is 11.0. The number of rotatable bonds is 4. The van der Waals surface area contributed by atoms with E-state index in [2.05, 4.69) is 21.6 Å². The first-order valence-corrected chi connectivity index (χ1v) is 7.88. The van der Waals surface area contributed by atoms with Gasteiger partial charge in [0.25, 0.3) is 0 Å². The minimum Gasteiger partial charge on any atom is -0.480 e. The summed E-state index contributed by atoms with van der Waals surface area (Å²) >= 11 is 0. The number of benzene rings is 1. The van der Waals surface area contributed by atoms with Gasteiger partial charge in [-0.3, -0.25) is 4.79 Å². The van der Waals surface area contributed by atoms with E-state index in [1.54, 1.807) is 0 Å². The number of para-hydroxylation sites is 1. The van der Waals surface area contributed by atoms with Crippen LogP contribution in [0.2, 0.25) is 0 Å². The van der Waals surface area contributed by atoms with Gasteiger partial charge in [-0.05, 0) is 18.6 Å². The molecule has 3 rings (SSSR count).